The van der Waals surface area contributed by atoms with Crippen LogP contribution in [0.15, 0.2) is 24.3 Å². The SMILES string of the molecule is CC=CC(=O)OCCN.CC=CC(=O)OCCN.O=S(=O)(O)O. The van der Waals surface area contributed by atoms with Gasteiger partial charge in [-0.05, 0) is 13.8 Å². The van der Waals surface area contributed by atoms with Crippen molar-refractivity contribution in [3.8, 4) is 0 Å². The molecular weight excluding hydrogens is 332 g/mol. The van der Waals surface area contributed by atoms with Crippen LogP contribution in [0.25, 0.3) is 0 Å². The zero-order valence-corrected chi connectivity index (χ0v) is 13.9. The van der Waals surface area contributed by atoms with E-state index in [1.807, 2.05) is 0 Å². The van der Waals surface area contributed by atoms with Gasteiger partial charge in [0.15, 0.2) is 0 Å². The average Bonchev–Trinajstić information content (AvgIpc) is 2.42. The maximum absolute atomic E-state index is 10.4. The highest BCUT2D eigenvalue weighted by Gasteiger charge is 1.91. The fraction of sp³-hybridized carbons (Fsp3) is 0.500. The Hall–Kier alpha value is -1.79. The first-order valence-electron chi connectivity index (χ1n) is 6.31. The second-order valence-electron chi connectivity index (χ2n) is 3.36. The first kappa shape index (κ1) is 26.1. The van der Waals surface area contributed by atoms with Crippen LogP contribution in [0.5, 0.6) is 0 Å². The molecule has 0 bridgehead atoms. The largest absolute Gasteiger partial charge is 0.461 e. The summed E-state index contributed by atoms with van der Waals surface area (Å²) in [5.74, 6) is -0.661. The van der Waals surface area contributed by atoms with Crippen LogP contribution in [-0.4, -0.2) is 55.8 Å². The Morgan fingerprint density at radius 1 is 0.913 bits per heavy atom. The molecule has 0 spiro atoms. The molecule has 0 radical (unpaired) electrons. The van der Waals surface area contributed by atoms with Crippen molar-refractivity contribution in [2.75, 3.05) is 26.3 Å². The van der Waals surface area contributed by atoms with E-state index < -0.39 is 10.4 Å². The van der Waals surface area contributed by atoms with Crippen LogP contribution < -0.4 is 11.5 Å². The van der Waals surface area contributed by atoms with Crippen molar-refractivity contribution in [1.29, 1.82) is 0 Å². The molecule has 0 fully saturated rings. The van der Waals surface area contributed by atoms with Crippen molar-refractivity contribution < 1.29 is 36.6 Å². The van der Waals surface area contributed by atoms with Gasteiger partial charge in [0.05, 0.1) is 0 Å². The summed E-state index contributed by atoms with van der Waals surface area (Å²) < 4.78 is 40.7. The van der Waals surface area contributed by atoms with Crippen molar-refractivity contribution in [2.45, 2.75) is 13.8 Å². The molecule has 0 heterocycles. The predicted octanol–water partition coefficient (Wildman–Crippen LogP) is -0.524. The Kier molecular flexibility index (Phi) is 20.7. The van der Waals surface area contributed by atoms with Gasteiger partial charge in [-0.15, -0.1) is 0 Å². The van der Waals surface area contributed by atoms with E-state index in [9.17, 15) is 9.59 Å². The molecule has 0 aliphatic heterocycles. The van der Waals surface area contributed by atoms with Crippen molar-refractivity contribution >= 4 is 22.3 Å². The first-order valence-corrected chi connectivity index (χ1v) is 7.70. The lowest BCUT2D eigenvalue weighted by Crippen LogP contribution is -2.11. The van der Waals surface area contributed by atoms with Crippen LogP contribution in [0.1, 0.15) is 13.8 Å². The highest BCUT2D eigenvalue weighted by atomic mass is 32.3. The van der Waals surface area contributed by atoms with Crippen LogP contribution in [0.4, 0.5) is 0 Å². The van der Waals surface area contributed by atoms with Gasteiger partial charge in [0.1, 0.15) is 13.2 Å². The van der Waals surface area contributed by atoms with E-state index in [4.69, 9.17) is 29.0 Å². The summed E-state index contributed by atoms with van der Waals surface area (Å²) >= 11 is 0. The minimum atomic E-state index is -4.67. The molecule has 6 N–H and O–H groups in total. The van der Waals surface area contributed by atoms with Gasteiger partial charge in [-0.3, -0.25) is 9.11 Å². The van der Waals surface area contributed by atoms with E-state index in [1.165, 1.54) is 12.2 Å². The van der Waals surface area contributed by atoms with Gasteiger partial charge in [-0.25, -0.2) is 9.59 Å². The maximum atomic E-state index is 10.4. The Labute approximate surface area is 135 Å². The minimum absolute atomic E-state index is 0.295. The lowest BCUT2D eigenvalue weighted by Gasteiger charge is -1.95. The van der Waals surface area contributed by atoms with E-state index in [1.54, 1.807) is 26.0 Å². The van der Waals surface area contributed by atoms with E-state index in [-0.39, 0.29) is 11.9 Å². The van der Waals surface area contributed by atoms with Crippen LogP contribution in [0, 0.1) is 0 Å². The van der Waals surface area contributed by atoms with Gasteiger partial charge in [0, 0.05) is 25.2 Å². The summed E-state index contributed by atoms with van der Waals surface area (Å²) in [6.45, 7) is 4.85. The number of nitrogens with two attached hydrogens (primary N) is 2. The van der Waals surface area contributed by atoms with Crippen LogP contribution >= 0.6 is 0 Å². The number of rotatable bonds is 6. The average molecular weight is 356 g/mol. The zero-order valence-electron chi connectivity index (χ0n) is 13.0. The third kappa shape index (κ3) is 45.0. The summed E-state index contributed by atoms with van der Waals surface area (Å²) in [7, 11) is -4.67. The number of allylic oxidation sites excluding steroid dienone is 2. The Morgan fingerprint density at radius 3 is 1.35 bits per heavy atom. The van der Waals surface area contributed by atoms with E-state index in [2.05, 4.69) is 9.47 Å². The summed E-state index contributed by atoms with van der Waals surface area (Å²) in [6, 6.07) is 0. The molecule has 0 aromatic rings. The number of carbonyl (C=O) groups excluding carboxylic acids is 2. The lowest BCUT2D eigenvalue weighted by atomic mass is 10.5. The van der Waals surface area contributed by atoms with E-state index >= 15 is 0 Å². The monoisotopic (exact) mass is 356 g/mol. The number of carbonyl (C=O) groups is 2. The first-order chi connectivity index (χ1) is 10.6. The predicted molar refractivity (Wildman–Crippen MR) is 83.8 cm³/mol. The van der Waals surface area contributed by atoms with Crippen LogP contribution in [-0.2, 0) is 29.5 Å². The van der Waals surface area contributed by atoms with Gasteiger partial charge in [-0.2, -0.15) is 8.42 Å². The molecule has 0 amide bonds. The van der Waals surface area contributed by atoms with Gasteiger partial charge in [0.25, 0.3) is 0 Å². The van der Waals surface area contributed by atoms with E-state index in [0.717, 1.165) is 0 Å². The summed E-state index contributed by atoms with van der Waals surface area (Å²) in [6.07, 6.45) is 5.96. The van der Waals surface area contributed by atoms with Crippen molar-refractivity contribution in [3.05, 3.63) is 24.3 Å². The Balaban J connectivity index is -0.000000273. The molecule has 0 aromatic heterocycles. The van der Waals surface area contributed by atoms with Crippen LogP contribution in [0.2, 0.25) is 0 Å². The molecule has 0 aromatic carbocycles. The molecule has 0 rings (SSSR count). The third-order valence-electron chi connectivity index (χ3n) is 1.33. The van der Waals surface area contributed by atoms with Gasteiger partial charge in [0.2, 0.25) is 0 Å². The quantitative estimate of drug-likeness (QED) is 0.274. The maximum Gasteiger partial charge on any atom is 0.394 e. The highest BCUT2D eigenvalue weighted by molar-refractivity contribution is 7.79. The van der Waals surface area contributed by atoms with Crippen LogP contribution in [0.3, 0.4) is 0 Å². The Bertz CT molecular complexity index is 424. The number of hydrogen-bond acceptors (Lipinski definition) is 8. The van der Waals surface area contributed by atoms with Gasteiger partial charge >= 0.3 is 22.3 Å². The molecule has 10 nitrogen and oxygen atoms in total. The molecule has 0 atom stereocenters. The highest BCUT2D eigenvalue weighted by Crippen LogP contribution is 1.79. The molecule has 0 aliphatic rings. The van der Waals surface area contributed by atoms with Crippen molar-refractivity contribution in [3.63, 3.8) is 0 Å². The van der Waals surface area contributed by atoms with Crippen molar-refractivity contribution in [1.82, 2.24) is 0 Å². The topological polar surface area (TPSA) is 179 Å². The molecular formula is C12H24N2O8S. The van der Waals surface area contributed by atoms with Crippen molar-refractivity contribution in [2.24, 2.45) is 11.5 Å². The van der Waals surface area contributed by atoms with Gasteiger partial charge in [-0.1, -0.05) is 12.2 Å². The summed E-state index contributed by atoms with van der Waals surface area (Å²) in [4.78, 5) is 20.9. The molecule has 0 saturated heterocycles. The molecule has 11 heteroatoms. The lowest BCUT2D eigenvalue weighted by molar-refractivity contribution is -0.138. The fourth-order valence-corrected chi connectivity index (χ4v) is 0.687. The number of esters is 2. The molecule has 136 valence electrons. The Morgan fingerprint density at radius 2 is 1.17 bits per heavy atom. The number of ether oxygens (including phenoxy) is 2. The van der Waals surface area contributed by atoms with Gasteiger partial charge < -0.3 is 20.9 Å². The molecule has 23 heavy (non-hydrogen) atoms. The van der Waals surface area contributed by atoms with E-state index in [0.29, 0.717) is 26.3 Å². The standard InChI is InChI=1S/2C6H11NO2.H2O4S/c2*1-2-3-6(8)9-5-4-7;1-5(2,3)4/h2*2-3H,4-5,7H2,1H3;(H2,1,2,3,4). The summed E-state index contributed by atoms with van der Waals surface area (Å²) in [5.41, 5.74) is 10.1. The normalized spacial score (nSPS) is 10.3. The minimum Gasteiger partial charge on any atom is -0.461 e. The molecule has 0 unspecified atom stereocenters. The number of hydrogen-bond donors (Lipinski definition) is 4. The smallest absolute Gasteiger partial charge is 0.394 e. The third-order valence-corrected chi connectivity index (χ3v) is 1.33. The zero-order chi connectivity index (χ0) is 18.7. The molecule has 0 aliphatic carbocycles. The fourth-order valence-electron chi connectivity index (χ4n) is 0.687. The molecule has 0 saturated carbocycles. The second-order valence-corrected chi connectivity index (χ2v) is 4.26. The summed E-state index contributed by atoms with van der Waals surface area (Å²) in [5, 5.41) is 0. The second kappa shape index (κ2) is 18.3.